The third-order valence-corrected chi connectivity index (χ3v) is 7.19. The second-order valence-electron chi connectivity index (χ2n) is 10.4. The van der Waals surface area contributed by atoms with Crippen LogP contribution in [-0.4, -0.2) is 74.5 Å². The SMILES string of the molecule is CC(C)CN1C(O)=C(C(=O)NC2CC2)C(=O)N2NCC(/C=C/C(=O)N3CCC[C@@H]3c3cccnc3)C12. The molecule has 0 radical (unpaired) electrons. The number of amides is 3. The molecule has 192 valence electrons. The Kier molecular flexibility index (Phi) is 6.70. The molecule has 10 heteroatoms. The third-order valence-electron chi connectivity index (χ3n) is 7.19. The first-order valence-corrected chi connectivity index (χ1v) is 12.8. The molecule has 3 aliphatic heterocycles. The van der Waals surface area contributed by atoms with Crippen molar-refractivity contribution in [2.75, 3.05) is 19.6 Å². The first-order valence-electron chi connectivity index (χ1n) is 12.8. The predicted octanol–water partition coefficient (Wildman–Crippen LogP) is 1.61. The van der Waals surface area contributed by atoms with Gasteiger partial charge in [-0.15, -0.1) is 0 Å². The van der Waals surface area contributed by atoms with Crippen LogP contribution in [0.4, 0.5) is 0 Å². The first kappa shape index (κ1) is 24.3. The molecule has 3 N–H and O–H groups in total. The molecule has 2 unspecified atom stereocenters. The van der Waals surface area contributed by atoms with Gasteiger partial charge in [0.15, 0.2) is 5.57 Å². The molecule has 1 aromatic rings. The number of nitrogens with one attached hydrogen (secondary N) is 2. The molecule has 4 heterocycles. The van der Waals surface area contributed by atoms with E-state index in [0.29, 0.717) is 19.6 Å². The number of hydrogen-bond acceptors (Lipinski definition) is 7. The largest absolute Gasteiger partial charge is 0.494 e. The van der Waals surface area contributed by atoms with Crippen LogP contribution in [0.2, 0.25) is 0 Å². The summed E-state index contributed by atoms with van der Waals surface area (Å²) in [5.41, 5.74) is 3.89. The molecule has 1 aliphatic carbocycles. The fourth-order valence-electron chi connectivity index (χ4n) is 5.33. The maximum Gasteiger partial charge on any atom is 0.280 e. The minimum atomic E-state index is -0.547. The Morgan fingerprint density at radius 3 is 2.81 bits per heavy atom. The Morgan fingerprint density at radius 2 is 2.11 bits per heavy atom. The van der Waals surface area contributed by atoms with Gasteiger partial charge in [-0.2, -0.15) is 0 Å². The van der Waals surface area contributed by atoms with Crippen molar-refractivity contribution in [3.63, 3.8) is 0 Å². The van der Waals surface area contributed by atoms with Crippen LogP contribution in [0.15, 0.2) is 48.1 Å². The van der Waals surface area contributed by atoms with Gasteiger partial charge < -0.3 is 20.2 Å². The smallest absolute Gasteiger partial charge is 0.280 e. The van der Waals surface area contributed by atoms with Crippen molar-refractivity contribution >= 4 is 17.7 Å². The highest BCUT2D eigenvalue weighted by Gasteiger charge is 2.49. The van der Waals surface area contributed by atoms with E-state index in [1.807, 2.05) is 43.2 Å². The number of hydrazine groups is 1. The number of carbonyl (C=O) groups excluding carboxylic acids is 3. The number of aromatic nitrogens is 1. The topological polar surface area (TPSA) is 118 Å². The Labute approximate surface area is 211 Å². The Hall–Kier alpha value is -3.40. The standard InChI is InChI=1S/C26H34N6O4/c1-16(2)15-31-24-18(7-10-21(33)30-12-4-6-20(30)17-5-3-11-27-13-17)14-28-32(24)26(36)22(25(31)35)23(34)29-19-8-9-19/h3,5,7,10-11,13,16,18-20,24,28,35H,4,6,8-9,12,14-15H2,1-2H3,(H,29,34)/b10-7+/t18?,20-,24?/m1/s1. The van der Waals surface area contributed by atoms with Crippen molar-refractivity contribution < 1.29 is 19.5 Å². The highest BCUT2D eigenvalue weighted by Crippen LogP contribution is 2.34. The average molecular weight is 495 g/mol. The second-order valence-corrected chi connectivity index (χ2v) is 10.4. The lowest BCUT2D eigenvalue weighted by Gasteiger charge is -2.42. The average Bonchev–Trinajstić information content (AvgIpc) is 3.36. The maximum atomic E-state index is 13.2. The van der Waals surface area contributed by atoms with Crippen LogP contribution < -0.4 is 10.7 Å². The highest BCUT2D eigenvalue weighted by molar-refractivity contribution is 6.19. The number of likely N-dealkylation sites (tertiary alicyclic amines) is 1. The molecule has 4 aliphatic rings. The minimum Gasteiger partial charge on any atom is -0.494 e. The van der Waals surface area contributed by atoms with Crippen LogP contribution in [0.25, 0.3) is 0 Å². The summed E-state index contributed by atoms with van der Waals surface area (Å²) in [6, 6.07) is 3.95. The summed E-state index contributed by atoms with van der Waals surface area (Å²) >= 11 is 0. The van der Waals surface area contributed by atoms with Gasteiger partial charge in [0.2, 0.25) is 11.8 Å². The van der Waals surface area contributed by atoms with Crippen LogP contribution >= 0.6 is 0 Å². The summed E-state index contributed by atoms with van der Waals surface area (Å²) in [4.78, 5) is 47.0. The molecular formula is C26H34N6O4. The number of pyridine rings is 1. The van der Waals surface area contributed by atoms with Crippen LogP contribution in [0.1, 0.15) is 51.1 Å². The number of hydrogen-bond donors (Lipinski definition) is 3. The summed E-state index contributed by atoms with van der Waals surface area (Å²) in [6.07, 6.45) is 10.00. The molecule has 3 atom stereocenters. The van der Waals surface area contributed by atoms with Crippen molar-refractivity contribution in [3.8, 4) is 0 Å². The van der Waals surface area contributed by atoms with Gasteiger partial charge in [0.05, 0.1) is 6.04 Å². The Morgan fingerprint density at radius 1 is 1.31 bits per heavy atom. The van der Waals surface area contributed by atoms with E-state index in [0.717, 1.165) is 31.2 Å². The van der Waals surface area contributed by atoms with Crippen molar-refractivity contribution in [1.82, 2.24) is 30.5 Å². The lowest BCUT2D eigenvalue weighted by atomic mass is 10.0. The molecule has 5 rings (SSSR count). The van der Waals surface area contributed by atoms with E-state index < -0.39 is 18.0 Å². The van der Waals surface area contributed by atoms with E-state index in [-0.39, 0.29) is 41.3 Å². The molecule has 0 spiro atoms. The van der Waals surface area contributed by atoms with Crippen LogP contribution in [0, 0.1) is 11.8 Å². The van der Waals surface area contributed by atoms with E-state index in [9.17, 15) is 19.5 Å². The monoisotopic (exact) mass is 494 g/mol. The van der Waals surface area contributed by atoms with Crippen LogP contribution in [0.3, 0.4) is 0 Å². The molecule has 2 saturated heterocycles. The fraction of sp³-hybridized carbons (Fsp3) is 0.538. The molecule has 3 fully saturated rings. The van der Waals surface area contributed by atoms with Gasteiger partial charge >= 0.3 is 0 Å². The maximum absolute atomic E-state index is 13.2. The van der Waals surface area contributed by atoms with Gasteiger partial charge in [-0.25, -0.2) is 10.4 Å². The van der Waals surface area contributed by atoms with Crippen molar-refractivity contribution in [3.05, 3.63) is 53.7 Å². The van der Waals surface area contributed by atoms with E-state index in [2.05, 4.69) is 15.7 Å². The van der Waals surface area contributed by atoms with Gasteiger partial charge in [0, 0.05) is 44.0 Å². The van der Waals surface area contributed by atoms with Gasteiger partial charge in [-0.1, -0.05) is 26.0 Å². The fourth-order valence-corrected chi connectivity index (χ4v) is 5.33. The van der Waals surface area contributed by atoms with Gasteiger partial charge in [0.1, 0.15) is 6.17 Å². The zero-order valence-corrected chi connectivity index (χ0v) is 20.8. The summed E-state index contributed by atoms with van der Waals surface area (Å²) in [5, 5.41) is 15.3. The molecule has 36 heavy (non-hydrogen) atoms. The first-order chi connectivity index (χ1) is 17.3. The van der Waals surface area contributed by atoms with Crippen molar-refractivity contribution in [2.45, 2.75) is 57.8 Å². The highest BCUT2D eigenvalue weighted by atomic mass is 16.3. The Balaban J connectivity index is 1.36. The van der Waals surface area contributed by atoms with Crippen LogP contribution in [0.5, 0.6) is 0 Å². The summed E-state index contributed by atoms with van der Waals surface area (Å²) < 4.78 is 0. The van der Waals surface area contributed by atoms with E-state index in [1.54, 1.807) is 17.2 Å². The van der Waals surface area contributed by atoms with E-state index >= 15 is 0 Å². The molecule has 1 saturated carbocycles. The number of aliphatic hydroxyl groups is 1. The third kappa shape index (κ3) is 4.69. The molecule has 10 nitrogen and oxygen atoms in total. The van der Waals surface area contributed by atoms with E-state index in [4.69, 9.17) is 0 Å². The molecular weight excluding hydrogens is 460 g/mol. The predicted molar refractivity (Wildman–Crippen MR) is 132 cm³/mol. The minimum absolute atomic E-state index is 0.00210. The van der Waals surface area contributed by atoms with Crippen LogP contribution in [-0.2, 0) is 14.4 Å². The van der Waals surface area contributed by atoms with Crippen molar-refractivity contribution in [1.29, 1.82) is 0 Å². The number of nitrogens with zero attached hydrogens (tertiary/aromatic N) is 4. The number of rotatable bonds is 7. The molecule has 3 amide bonds. The normalized spacial score (nSPS) is 26.4. The van der Waals surface area contributed by atoms with Gasteiger partial charge in [-0.3, -0.25) is 19.4 Å². The zero-order valence-electron chi connectivity index (χ0n) is 20.8. The lowest BCUT2D eigenvalue weighted by Crippen LogP contribution is -2.59. The van der Waals surface area contributed by atoms with E-state index in [1.165, 1.54) is 5.01 Å². The second kappa shape index (κ2) is 9.93. The zero-order chi connectivity index (χ0) is 25.4. The number of carbonyl (C=O) groups is 3. The number of fused-ring (bicyclic) bond motifs is 1. The summed E-state index contributed by atoms with van der Waals surface area (Å²) in [7, 11) is 0. The van der Waals surface area contributed by atoms with Gasteiger partial charge in [0.25, 0.3) is 11.8 Å². The van der Waals surface area contributed by atoms with Gasteiger partial charge in [-0.05, 0) is 49.3 Å². The van der Waals surface area contributed by atoms with Crippen molar-refractivity contribution in [2.24, 2.45) is 11.8 Å². The molecule has 1 aromatic heterocycles. The molecule has 0 bridgehead atoms. The summed E-state index contributed by atoms with van der Waals surface area (Å²) in [6.45, 7) is 5.57. The lowest BCUT2D eigenvalue weighted by molar-refractivity contribution is -0.142. The molecule has 0 aromatic carbocycles. The quantitative estimate of drug-likeness (QED) is 0.389. The summed E-state index contributed by atoms with van der Waals surface area (Å²) in [5.74, 6) is -1.54. The Bertz CT molecular complexity index is 1080. The number of aliphatic hydroxyl groups excluding tert-OH is 1.